The van der Waals surface area contributed by atoms with Crippen molar-refractivity contribution in [1.82, 2.24) is 4.98 Å². The maximum atomic E-state index is 11.2. The number of ether oxygens (including phenoxy) is 1. The fraction of sp³-hybridized carbons (Fsp3) is 0.455. The number of primary amides is 1. The van der Waals surface area contributed by atoms with Gasteiger partial charge in [0, 0.05) is 11.7 Å². The van der Waals surface area contributed by atoms with Crippen LogP contribution in [0.2, 0.25) is 0 Å². The van der Waals surface area contributed by atoms with Crippen molar-refractivity contribution in [2.75, 3.05) is 6.61 Å². The van der Waals surface area contributed by atoms with E-state index in [9.17, 15) is 4.79 Å². The van der Waals surface area contributed by atoms with Gasteiger partial charge in [-0.15, -0.1) is 0 Å². The molecule has 5 nitrogen and oxygen atoms in total. The van der Waals surface area contributed by atoms with Crippen LogP contribution < -0.4 is 16.2 Å². The summed E-state index contributed by atoms with van der Waals surface area (Å²) in [5.41, 5.74) is 11.6. The van der Waals surface area contributed by atoms with Gasteiger partial charge in [-0.2, -0.15) is 0 Å². The SMILES string of the molecule is Cc1ccnc(OCC(C)(C)N)c1C(N)=O. The molecule has 4 N–H and O–H groups in total. The Balaban J connectivity index is 2.96. The molecular weight excluding hydrogens is 206 g/mol. The van der Waals surface area contributed by atoms with Crippen LogP contribution in [0.1, 0.15) is 29.8 Å². The summed E-state index contributed by atoms with van der Waals surface area (Å²) in [6, 6.07) is 1.71. The Hall–Kier alpha value is -1.62. The number of nitrogens with two attached hydrogens (primary N) is 2. The normalized spacial score (nSPS) is 11.2. The van der Waals surface area contributed by atoms with Crippen molar-refractivity contribution >= 4 is 5.91 Å². The predicted octanol–water partition coefficient (Wildman–Crippen LogP) is 0.605. The predicted molar refractivity (Wildman–Crippen MR) is 61.3 cm³/mol. The molecule has 1 aromatic rings. The van der Waals surface area contributed by atoms with E-state index < -0.39 is 11.4 Å². The fourth-order valence-corrected chi connectivity index (χ4v) is 1.20. The molecule has 0 aliphatic rings. The smallest absolute Gasteiger partial charge is 0.254 e. The number of carbonyl (C=O) groups excluding carboxylic acids is 1. The Bertz CT molecular complexity index is 397. The van der Waals surface area contributed by atoms with Crippen LogP contribution in [-0.2, 0) is 0 Å². The molecule has 5 heteroatoms. The first-order chi connectivity index (χ1) is 7.31. The van der Waals surface area contributed by atoms with Crippen LogP contribution in [0.3, 0.4) is 0 Å². The number of aryl methyl sites for hydroxylation is 1. The van der Waals surface area contributed by atoms with Gasteiger partial charge in [0.2, 0.25) is 5.88 Å². The van der Waals surface area contributed by atoms with Crippen molar-refractivity contribution in [3.8, 4) is 5.88 Å². The van der Waals surface area contributed by atoms with Crippen LogP contribution in [0.4, 0.5) is 0 Å². The molecule has 0 saturated carbocycles. The van der Waals surface area contributed by atoms with Gasteiger partial charge in [0.1, 0.15) is 12.2 Å². The summed E-state index contributed by atoms with van der Waals surface area (Å²) in [7, 11) is 0. The molecule has 0 spiro atoms. The maximum Gasteiger partial charge on any atom is 0.254 e. The number of nitrogens with zero attached hydrogens (tertiary/aromatic N) is 1. The summed E-state index contributed by atoms with van der Waals surface area (Å²) in [6.07, 6.45) is 1.57. The van der Waals surface area contributed by atoms with Crippen molar-refractivity contribution in [2.45, 2.75) is 26.3 Å². The van der Waals surface area contributed by atoms with E-state index in [1.165, 1.54) is 0 Å². The maximum absolute atomic E-state index is 11.2. The van der Waals surface area contributed by atoms with Crippen LogP contribution in [-0.4, -0.2) is 23.0 Å². The number of aromatic nitrogens is 1. The molecule has 0 atom stereocenters. The zero-order valence-corrected chi connectivity index (χ0v) is 9.78. The molecule has 1 rings (SSSR count). The summed E-state index contributed by atoms with van der Waals surface area (Å²) in [5.74, 6) is -0.304. The lowest BCUT2D eigenvalue weighted by molar-refractivity contribution is 0.0993. The van der Waals surface area contributed by atoms with E-state index in [0.717, 1.165) is 5.56 Å². The Kier molecular flexibility index (Phi) is 3.49. The minimum Gasteiger partial charge on any atom is -0.475 e. The van der Waals surface area contributed by atoms with Crippen LogP contribution in [0, 0.1) is 6.92 Å². The molecule has 0 fully saturated rings. The molecule has 0 bridgehead atoms. The zero-order valence-electron chi connectivity index (χ0n) is 9.78. The van der Waals surface area contributed by atoms with Crippen molar-refractivity contribution in [3.05, 3.63) is 23.4 Å². The molecule has 0 aliphatic carbocycles. The molecule has 0 radical (unpaired) electrons. The van der Waals surface area contributed by atoms with E-state index >= 15 is 0 Å². The molecular formula is C11H17N3O2. The van der Waals surface area contributed by atoms with Crippen LogP contribution in [0.15, 0.2) is 12.3 Å². The minimum absolute atomic E-state index is 0.242. The molecule has 16 heavy (non-hydrogen) atoms. The highest BCUT2D eigenvalue weighted by molar-refractivity contribution is 5.96. The fourth-order valence-electron chi connectivity index (χ4n) is 1.20. The minimum atomic E-state index is -0.546. The topological polar surface area (TPSA) is 91.2 Å². The standard InChI is InChI=1S/C11H17N3O2/c1-7-4-5-14-10(8(7)9(12)15)16-6-11(2,3)13/h4-5H,6,13H2,1-3H3,(H2,12,15). The van der Waals surface area contributed by atoms with Crippen molar-refractivity contribution in [1.29, 1.82) is 0 Å². The third kappa shape index (κ3) is 3.20. The molecule has 0 aromatic carbocycles. The van der Waals surface area contributed by atoms with Gasteiger partial charge < -0.3 is 16.2 Å². The second-order valence-corrected chi connectivity index (χ2v) is 4.45. The van der Waals surface area contributed by atoms with Gasteiger partial charge in [0.25, 0.3) is 5.91 Å². The van der Waals surface area contributed by atoms with Gasteiger partial charge in [-0.3, -0.25) is 4.79 Å². The van der Waals surface area contributed by atoms with Crippen LogP contribution in [0.25, 0.3) is 0 Å². The lowest BCUT2D eigenvalue weighted by Crippen LogP contribution is -2.39. The lowest BCUT2D eigenvalue weighted by Gasteiger charge is -2.19. The first-order valence-electron chi connectivity index (χ1n) is 4.98. The van der Waals surface area contributed by atoms with Crippen molar-refractivity contribution < 1.29 is 9.53 Å². The molecule has 0 unspecified atom stereocenters. The molecule has 1 amide bonds. The molecule has 0 aliphatic heterocycles. The monoisotopic (exact) mass is 223 g/mol. The largest absolute Gasteiger partial charge is 0.475 e. The van der Waals surface area contributed by atoms with Crippen LogP contribution in [0.5, 0.6) is 5.88 Å². The zero-order chi connectivity index (χ0) is 12.3. The van der Waals surface area contributed by atoms with E-state index in [1.54, 1.807) is 19.2 Å². The average molecular weight is 223 g/mol. The van der Waals surface area contributed by atoms with Crippen molar-refractivity contribution in [2.24, 2.45) is 11.5 Å². The average Bonchev–Trinajstić information content (AvgIpc) is 2.12. The molecule has 1 heterocycles. The Labute approximate surface area is 94.8 Å². The first kappa shape index (κ1) is 12.4. The molecule has 1 aromatic heterocycles. The number of pyridine rings is 1. The summed E-state index contributed by atoms with van der Waals surface area (Å²) in [5, 5.41) is 0. The van der Waals surface area contributed by atoms with Crippen molar-refractivity contribution in [3.63, 3.8) is 0 Å². The first-order valence-corrected chi connectivity index (χ1v) is 4.98. The van der Waals surface area contributed by atoms with Gasteiger partial charge in [-0.25, -0.2) is 4.98 Å². The number of carbonyl (C=O) groups is 1. The van der Waals surface area contributed by atoms with E-state index in [0.29, 0.717) is 5.56 Å². The number of hydrogen-bond donors (Lipinski definition) is 2. The van der Waals surface area contributed by atoms with E-state index in [-0.39, 0.29) is 12.5 Å². The number of hydrogen-bond acceptors (Lipinski definition) is 4. The quantitative estimate of drug-likeness (QED) is 0.782. The highest BCUT2D eigenvalue weighted by Gasteiger charge is 2.17. The second-order valence-electron chi connectivity index (χ2n) is 4.45. The number of rotatable bonds is 4. The third-order valence-corrected chi connectivity index (χ3v) is 1.95. The highest BCUT2D eigenvalue weighted by atomic mass is 16.5. The van der Waals surface area contributed by atoms with Gasteiger partial charge in [-0.1, -0.05) is 0 Å². The van der Waals surface area contributed by atoms with Gasteiger partial charge in [0.05, 0.1) is 0 Å². The van der Waals surface area contributed by atoms with Gasteiger partial charge in [-0.05, 0) is 32.4 Å². The summed E-state index contributed by atoms with van der Waals surface area (Å²) < 4.78 is 5.41. The third-order valence-electron chi connectivity index (χ3n) is 1.95. The summed E-state index contributed by atoms with van der Waals surface area (Å²) in [4.78, 5) is 15.2. The lowest BCUT2D eigenvalue weighted by atomic mass is 10.1. The van der Waals surface area contributed by atoms with E-state index in [4.69, 9.17) is 16.2 Å². The Morgan fingerprint density at radius 1 is 1.56 bits per heavy atom. The Morgan fingerprint density at radius 2 is 2.19 bits per heavy atom. The second kappa shape index (κ2) is 4.49. The molecule has 0 saturated heterocycles. The summed E-state index contributed by atoms with van der Waals surface area (Å²) in [6.45, 7) is 5.70. The molecule has 88 valence electrons. The Morgan fingerprint density at radius 3 is 2.69 bits per heavy atom. The number of amides is 1. The van der Waals surface area contributed by atoms with E-state index in [1.807, 2.05) is 13.8 Å². The van der Waals surface area contributed by atoms with E-state index in [2.05, 4.69) is 4.98 Å². The van der Waals surface area contributed by atoms with Gasteiger partial charge >= 0.3 is 0 Å². The highest BCUT2D eigenvalue weighted by Crippen LogP contribution is 2.18. The van der Waals surface area contributed by atoms with Crippen LogP contribution >= 0.6 is 0 Å². The van der Waals surface area contributed by atoms with Gasteiger partial charge in [0.15, 0.2) is 0 Å². The summed E-state index contributed by atoms with van der Waals surface area (Å²) >= 11 is 0.